The van der Waals surface area contributed by atoms with Crippen LogP contribution in [0.25, 0.3) is 5.65 Å². The molecule has 7 heteroatoms. The van der Waals surface area contributed by atoms with Crippen molar-refractivity contribution in [2.45, 2.75) is 40.2 Å². The zero-order chi connectivity index (χ0) is 19.1. The van der Waals surface area contributed by atoms with Gasteiger partial charge in [0, 0.05) is 32.4 Å². The van der Waals surface area contributed by atoms with Crippen molar-refractivity contribution < 1.29 is 14.3 Å². The molecule has 0 bridgehead atoms. The molecule has 0 unspecified atom stereocenters. The van der Waals surface area contributed by atoms with Crippen molar-refractivity contribution in [3.8, 4) is 0 Å². The molecule has 26 heavy (non-hydrogen) atoms. The fourth-order valence-corrected chi connectivity index (χ4v) is 3.14. The van der Waals surface area contributed by atoms with Gasteiger partial charge in [0.1, 0.15) is 16.9 Å². The number of hydrogen-bond acceptors (Lipinski definition) is 4. The summed E-state index contributed by atoms with van der Waals surface area (Å²) in [7, 11) is 0. The molecule has 1 aliphatic rings. The molecule has 3 rings (SSSR count). The van der Waals surface area contributed by atoms with Crippen LogP contribution in [0.1, 0.15) is 42.5 Å². The Morgan fingerprint density at radius 2 is 1.69 bits per heavy atom. The summed E-state index contributed by atoms with van der Waals surface area (Å²) < 4.78 is 7.26. The summed E-state index contributed by atoms with van der Waals surface area (Å²) in [6, 6.07) is 3.90. The quantitative estimate of drug-likeness (QED) is 0.786. The summed E-state index contributed by atoms with van der Waals surface area (Å²) in [4.78, 5) is 33.2. The van der Waals surface area contributed by atoms with Crippen molar-refractivity contribution in [1.29, 1.82) is 0 Å². The third kappa shape index (κ3) is 3.52. The second kappa shape index (κ2) is 6.63. The van der Waals surface area contributed by atoms with Gasteiger partial charge in [-0.05, 0) is 46.2 Å². The van der Waals surface area contributed by atoms with Crippen molar-refractivity contribution in [2.24, 2.45) is 0 Å². The third-order valence-electron chi connectivity index (χ3n) is 4.44. The van der Waals surface area contributed by atoms with Crippen molar-refractivity contribution in [3.63, 3.8) is 0 Å². The molecule has 0 saturated carbocycles. The molecule has 0 radical (unpaired) electrons. The second-order valence-corrected chi connectivity index (χ2v) is 7.69. The minimum absolute atomic E-state index is 0.0514. The number of rotatable bonds is 1. The van der Waals surface area contributed by atoms with Crippen LogP contribution in [0.5, 0.6) is 0 Å². The number of amides is 2. The highest BCUT2D eigenvalue weighted by atomic mass is 16.6. The van der Waals surface area contributed by atoms with Crippen molar-refractivity contribution in [2.75, 3.05) is 26.2 Å². The molecule has 0 atom stereocenters. The lowest BCUT2D eigenvalue weighted by molar-refractivity contribution is 0.0140. The number of fused-ring (bicyclic) bond motifs is 1. The van der Waals surface area contributed by atoms with Crippen molar-refractivity contribution in [3.05, 3.63) is 35.3 Å². The van der Waals surface area contributed by atoms with Gasteiger partial charge in [-0.15, -0.1) is 0 Å². The summed E-state index contributed by atoms with van der Waals surface area (Å²) in [5.74, 6) is -0.0514. The predicted octanol–water partition coefficient (Wildman–Crippen LogP) is 2.64. The minimum atomic E-state index is -0.518. The van der Waals surface area contributed by atoms with Crippen LogP contribution in [-0.4, -0.2) is 63.0 Å². The number of piperazine rings is 1. The normalized spacial score (nSPS) is 15.4. The SMILES string of the molecule is Cc1nc2c(C)cccn2c1C(=O)N1CCN(C(=O)OC(C)(C)C)CC1. The molecule has 1 fully saturated rings. The maximum Gasteiger partial charge on any atom is 0.410 e. The number of pyridine rings is 1. The molecule has 1 saturated heterocycles. The lowest BCUT2D eigenvalue weighted by atomic mass is 10.2. The fraction of sp³-hybridized carbons (Fsp3) is 0.526. The highest BCUT2D eigenvalue weighted by molar-refractivity contribution is 5.95. The van der Waals surface area contributed by atoms with Gasteiger partial charge in [0.05, 0.1) is 5.69 Å². The van der Waals surface area contributed by atoms with Gasteiger partial charge < -0.3 is 14.5 Å². The third-order valence-corrected chi connectivity index (χ3v) is 4.44. The van der Waals surface area contributed by atoms with E-state index in [4.69, 9.17) is 4.74 Å². The Balaban J connectivity index is 1.73. The van der Waals surface area contributed by atoms with E-state index in [1.54, 1.807) is 9.80 Å². The van der Waals surface area contributed by atoms with Crippen LogP contribution in [0.15, 0.2) is 18.3 Å². The number of carbonyl (C=O) groups excluding carboxylic acids is 2. The Morgan fingerprint density at radius 1 is 1.08 bits per heavy atom. The summed E-state index contributed by atoms with van der Waals surface area (Å²) >= 11 is 0. The first-order chi connectivity index (χ1) is 12.2. The van der Waals surface area contributed by atoms with E-state index >= 15 is 0 Å². The first-order valence-electron chi connectivity index (χ1n) is 8.89. The molecule has 2 amide bonds. The largest absolute Gasteiger partial charge is 0.444 e. The zero-order valence-electron chi connectivity index (χ0n) is 16.1. The maximum absolute atomic E-state index is 13.0. The van der Waals surface area contributed by atoms with Gasteiger partial charge in [-0.3, -0.25) is 9.20 Å². The fourth-order valence-electron chi connectivity index (χ4n) is 3.14. The molecule has 0 spiro atoms. The predicted molar refractivity (Wildman–Crippen MR) is 98.4 cm³/mol. The van der Waals surface area contributed by atoms with Gasteiger partial charge in [-0.25, -0.2) is 9.78 Å². The first kappa shape index (κ1) is 18.2. The van der Waals surface area contributed by atoms with Crippen molar-refractivity contribution >= 4 is 17.6 Å². The highest BCUT2D eigenvalue weighted by Gasteiger charge is 2.30. The molecule has 1 aliphatic heterocycles. The smallest absolute Gasteiger partial charge is 0.410 e. The van der Waals surface area contributed by atoms with Crippen LogP contribution in [0.3, 0.4) is 0 Å². The van der Waals surface area contributed by atoms with Gasteiger partial charge in [-0.2, -0.15) is 0 Å². The molecule has 3 heterocycles. The van der Waals surface area contributed by atoms with E-state index in [0.29, 0.717) is 31.9 Å². The number of carbonyl (C=O) groups is 2. The molecule has 7 nitrogen and oxygen atoms in total. The van der Waals surface area contributed by atoms with E-state index in [1.807, 2.05) is 57.3 Å². The monoisotopic (exact) mass is 358 g/mol. The van der Waals surface area contributed by atoms with Gasteiger partial charge >= 0.3 is 6.09 Å². The molecule has 2 aromatic rings. The number of aromatic nitrogens is 2. The maximum atomic E-state index is 13.0. The Morgan fingerprint density at radius 3 is 2.31 bits per heavy atom. The van der Waals surface area contributed by atoms with Crippen LogP contribution in [-0.2, 0) is 4.74 Å². The Kier molecular flexibility index (Phi) is 4.64. The van der Waals surface area contributed by atoms with Crippen LogP contribution >= 0.6 is 0 Å². The number of hydrogen-bond donors (Lipinski definition) is 0. The molecule has 0 aliphatic carbocycles. The van der Waals surface area contributed by atoms with E-state index in [9.17, 15) is 9.59 Å². The Hall–Kier alpha value is -2.57. The summed E-state index contributed by atoms with van der Waals surface area (Å²) in [6.07, 6.45) is 1.54. The average molecular weight is 358 g/mol. The highest BCUT2D eigenvalue weighted by Crippen LogP contribution is 2.18. The van der Waals surface area contributed by atoms with Gasteiger partial charge in [0.25, 0.3) is 5.91 Å². The molecule has 2 aromatic heterocycles. The summed E-state index contributed by atoms with van der Waals surface area (Å²) in [6.45, 7) is 11.3. The molecular formula is C19H26N4O3. The summed E-state index contributed by atoms with van der Waals surface area (Å²) in [5, 5.41) is 0. The standard InChI is InChI=1S/C19H26N4O3/c1-13-7-6-8-23-15(14(2)20-16(13)23)17(24)21-9-11-22(12-10-21)18(25)26-19(3,4)5/h6-8H,9-12H2,1-5H3. The zero-order valence-corrected chi connectivity index (χ0v) is 16.1. The minimum Gasteiger partial charge on any atom is -0.444 e. The Bertz CT molecular complexity index is 842. The molecule has 140 valence electrons. The molecule has 0 aromatic carbocycles. The number of aryl methyl sites for hydroxylation is 2. The van der Waals surface area contributed by atoms with Crippen LogP contribution in [0, 0.1) is 13.8 Å². The second-order valence-electron chi connectivity index (χ2n) is 7.69. The Labute approximate surface area is 153 Å². The van der Waals surface area contributed by atoms with E-state index in [2.05, 4.69) is 4.98 Å². The van der Waals surface area contributed by atoms with Crippen LogP contribution < -0.4 is 0 Å². The number of imidazole rings is 1. The lowest BCUT2D eigenvalue weighted by Crippen LogP contribution is -2.51. The molecular weight excluding hydrogens is 332 g/mol. The van der Waals surface area contributed by atoms with Crippen molar-refractivity contribution in [1.82, 2.24) is 19.2 Å². The average Bonchev–Trinajstić information content (AvgIpc) is 2.90. The van der Waals surface area contributed by atoms with Crippen LogP contribution in [0.4, 0.5) is 4.79 Å². The topological polar surface area (TPSA) is 67.2 Å². The van der Waals surface area contributed by atoms with E-state index in [-0.39, 0.29) is 12.0 Å². The number of ether oxygens (including phenoxy) is 1. The summed E-state index contributed by atoms with van der Waals surface area (Å²) in [5.41, 5.74) is 2.63. The van der Waals surface area contributed by atoms with E-state index < -0.39 is 5.60 Å². The van der Waals surface area contributed by atoms with E-state index in [0.717, 1.165) is 16.9 Å². The molecule has 0 N–H and O–H groups in total. The van der Waals surface area contributed by atoms with Gasteiger partial charge in [0.2, 0.25) is 0 Å². The van der Waals surface area contributed by atoms with Gasteiger partial charge in [-0.1, -0.05) is 6.07 Å². The number of nitrogens with zero attached hydrogens (tertiary/aromatic N) is 4. The van der Waals surface area contributed by atoms with Gasteiger partial charge in [0.15, 0.2) is 0 Å². The first-order valence-corrected chi connectivity index (χ1v) is 8.89. The van der Waals surface area contributed by atoms with E-state index in [1.165, 1.54) is 0 Å². The lowest BCUT2D eigenvalue weighted by Gasteiger charge is -2.35. The van der Waals surface area contributed by atoms with Crippen LogP contribution in [0.2, 0.25) is 0 Å².